The van der Waals surface area contributed by atoms with Crippen LogP contribution in [-0.2, 0) is 0 Å². The number of aliphatic hydroxyl groups excluding tert-OH is 1. The predicted octanol–water partition coefficient (Wildman–Crippen LogP) is 4.39. The Morgan fingerprint density at radius 3 is 2.85 bits per heavy atom. The van der Waals surface area contributed by atoms with Gasteiger partial charge in [0.25, 0.3) is 5.91 Å². The molecule has 1 aromatic heterocycles. The first-order valence-corrected chi connectivity index (χ1v) is 9.12. The van der Waals surface area contributed by atoms with E-state index in [0.717, 1.165) is 25.7 Å². The summed E-state index contributed by atoms with van der Waals surface area (Å²) in [5.74, 6) is 0.185. The maximum absolute atomic E-state index is 13.0. The molecule has 0 bridgehead atoms. The lowest BCUT2D eigenvalue weighted by Crippen LogP contribution is -2.40. The Hall–Kier alpha value is -2.41. The Labute approximate surface area is 156 Å². The second-order valence-electron chi connectivity index (χ2n) is 6.67. The number of ether oxygens (including phenoxy) is 1. The molecule has 146 valence electrons. The Morgan fingerprint density at radius 2 is 2.11 bits per heavy atom. The molecule has 2 heterocycles. The number of alkyl halides is 2. The molecule has 1 aliphatic rings. The summed E-state index contributed by atoms with van der Waals surface area (Å²) in [5, 5.41) is 10.4. The number of hydrogen-bond donors (Lipinski definition) is 1. The van der Waals surface area contributed by atoms with Crippen LogP contribution >= 0.6 is 0 Å². The minimum absolute atomic E-state index is 0.0437. The van der Waals surface area contributed by atoms with E-state index in [1.54, 1.807) is 23.1 Å². The number of hydrogen-bond acceptors (Lipinski definition) is 4. The number of amides is 1. The first kappa shape index (κ1) is 19.4. The van der Waals surface area contributed by atoms with Crippen molar-refractivity contribution in [1.29, 1.82) is 0 Å². The zero-order chi connectivity index (χ0) is 19.2. The van der Waals surface area contributed by atoms with Crippen molar-refractivity contribution in [2.45, 2.75) is 50.9 Å². The normalized spacial score (nSPS) is 19.0. The van der Waals surface area contributed by atoms with Gasteiger partial charge in [-0.1, -0.05) is 18.9 Å². The minimum Gasteiger partial charge on any atom is -0.467 e. The van der Waals surface area contributed by atoms with Gasteiger partial charge in [0, 0.05) is 24.6 Å². The fourth-order valence-electron chi connectivity index (χ4n) is 3.52. The summed E-state index contributed by atoms with van der Waals surface area (Å²) >= 11 is 0. The monoisotopic (exact) mass is 379 g/mol. The van der Waals surface area contributed by atoms with Crippen LogP contribution in [0.25, 0.3) is 0 Å². The average Bonchev–Trinajstić information content (AvgIpc) is 3.09. The van der Waals surface area contributed by atoms with Crippen molar-refractivity contribution in [2.24, 2.45) is 0 Å². The molecule has 5 nitrogen and oxygen atoms in total. The van der Waals surface area contributed by atoms with Crippen molar-refractivity contribution < 1.29 is 27.8 Å². The molecule has 0 aliphatic carbocycles. The maximum atomic E-state index is 13.0. The van der Waals surface area contributed by atoms with E-state index in [9.17, 15) is 18.7 Å². The van der Waals surface area contributed by atoms with Gasteiger partial charge in [0.05, 0.1) is 6.26 Å². The molecule has 1 fully saturated rings. The summed E-state index contributed by atoms with van der Waals surface area (Å²) in [6.45, 7) is -2.38. The van der Waals surface area contributed by atoms with Crippen LogP contribution in [0, 0.1) is 0 Å². The first-order valence-electron chi connectivity index (χ1n) is 9.12. The van der Waals surface area contributed by atoms with E-state index in [2.05, 4.69) is 4.74 Å². The summed E-state index contributed by atoms with van der Waals surface area (Å²) in [4.78, 5) is 14.8. The molecule has 1 aliphatic heterocycles. The van der Waals surface area contributed by atoms with Crippen LogP contribution in [-0.4, -0.2) is 35.1 Å². The van der Waals surface area contributed by atoms with Gasteiger partial charge in [-0.15, -0.1) is 0 Å². The van der Waals surface area contributed by atoms with Gasteiger partial charge < -0.3 is 19.2 Å². The first-order chi connectivity index (χ1) is 13.0. The van der Waals surface area contributed by atoms with E-state index >= 15 is 0 Å². The molecule has 1 saturated heterocycles. The van der Waals surface area contributed by atoms with Crippen LogP contribution in [0.4, 0.5) is 8.78 Å². The lowest BCUT2D eigenvalue weighted by atomic mass is 10.0. The van der Waals surface area contributed by atoms with Gasteiger partial charge in [-0.25, -0.2) is 0 Å². The van der Waals surface area contributed by atoms with Crippen LogP contribution in [0.5, 0.6) is 5.75 Å². The Kier molecular flexibility index (Phi) is 6.45. The number of nitrogens with zero attached hydrogens (tertiary/aromatic N) is 1. The molecule has 0 radical (unpaired) electrons. The third-order valence-electron chi connectivity index (χ3n) is 4.81. The minimum atomic E-state index is -2.94. The molecule has 0 saturated carbocycles. The summed E-state index contributed by atoms with van der Waals surface area (Å²) in [6, 6.07) is 9.10. The third-order valence-corrected chi connectivity index (χ3v) is 4.81. The van der Waals surface area contributed by atoms with E-state index in [0.29, 0.717) is 24.3 Å². The fraction of sp³-hybridized carbons (Fsp3) is 0.450. The number of aliphatic hydroxyl groups is 1. The highest BCUT2D eigenvalue weighted by molar-refractivity contribution is 5.94. The standard InChI is InChI=1S/C20H23F2NO4/c21-20(22)27-16-8-4-6-14(12-16)19(25)23-10-3-1-2-7-15(23)13-17(24)18-9-5-11-26-18/h4-6,8-9,11-12,15,17,20,24H,1-3,7,10,13H2/t15-,17-/m1/s1. The van der Waals surface area contributed by atoms with Crippen LogP contribution in [0.15, 0.2) is 47.1 Å². The third kappa shape index (κ3) is 5.07. The van der Waals surface area contributed by atoms with Crippen LogP contribution in [0.3, 0.4) is 0 Å². The van der Waals surface area contributed by atoms with Crippen molar-refractivity contribution in [3.05, 3.63) is 54.0 Å². The van der Waals surface area contributed by atoms with E-state index < -0.39 is 12.7 Å². The highest BCUT2D eigenvalue weighted by Crippen LogP contribution is 2.28. The van der Waals surface area contributed by atoms with Crippen LogP contribution < -0.4 is 4.74 Å². The molecule has 0 spiro atoms. The molecule has 1 N–H and O–H groups in total. The highest BCUT2D eigenvalue weighted by Gasteiger charge is 2.29. The van der Waals surface area contributed by atoms with Crippen LogP contribution in [0.2, 0.25) is 0 Å². The van der Waals surface area contributed by atoms with Crippen molar-refractivity contribution in [3.63, 3.8) is 0 Å². The van der Waals surface area contributed by atoms with Gasteiger partial charge in [-0.2, -0.15) is 8.78 Å². The lowest BCUT2D eigenvalue weighted by Gasteiger charge is -2.31. The van der Waals surface area contributed by atoms with E-state index in [1.165, 1.54) is 24.5 Å². The molecule has 2 atom stereocenters. The maximum Gasteiger partial charge on any atom is 0.387 e. The number of likely N-dealkylation sites (tertiary alicyclic amines) is 1. The average molecular weight is 379 g/mol. The van der Waals surface area contributed by atoms with Gasteiger partial charge in [0.2, 0.25) is 0 Å². The van der Waals surface area contributed by atoms with E-state index in [-0.39, 0.29) is 17.7 Å². The van der Waals surface area contributed by atoms with Crippen molar-refractivity contribution in [1.82, 2.24) is 4.90 Å². The number of halogens is 2. The molecule has 1 aromatic carbocycles. The summed E-state index contributed by atoms with van der Waals surface area (Å²) in [5.41, 5.74) is 0.299. The molecule has 2 aromatic rings. The topological polar surface area (TPSA) is 62.9 Å². The van der Waals surface area contributed by atoms with Crippen molar-refractivity contribution in [3.8, 4) is 5.75 Å². The largest absolute Gasteiger partial charge is 0.467 e. The van der Waals surface area contributed by atoms with Gasteiger partial charge in [0.15, 0.2) is 0 Å². The smallest absolute Gasteiger partial charge is 0.387 e. The molecular weight excluding hydrogens is 356 g/mol. The van der Waals surface area contributed by atoms with E-state index in [1.807, 2.05) is 0 Å². The quantitative estimate of drug-likeness (QED) is 0.809. The Morgan fingerprint density at radius 1 is 1.26 bits per heavy atom. The molecule has 1 amide bonds. The molecule has 3 rings (SSSR count). The summed E-state index contributed by atoms with van der Waals surface area (Å²) < 4.78 is 34.6. The summed E-state index contributed by atoms with van der Waals surface area (Å²) in [6.07, 6.45) is 4.69. The summed E-state index contributed by atoms with van der Waals surface area (Å²) in [7, 11) is 0. The zero-order valence-electron chi connectivity index (χ0n) is 14.9. The Balaban J connectivity index is 1.77. The molecule has 27 heavy (non-hydrogen) atoms. The van der Waals surface area contributed by atoms with E-state index in [4.69, 9.17) is 4.42 Å². The second-order valence-corrected chi connectivity index (χ2v) is 6.67. The van der Waals surface area contributed by atoms with Gasteiger partial charge in [0.1, 0.15) is 17.6 Å². The molecule has 0 unspecified atom stereocenters. The lowest BCUT2D eigenvalue weighted by molar-refractivity contribution is -0.0499. The van der Waals surface area contributed by atoms with Crippen molar-refractivity contribution in [2.75, 3.05) is 6.54 Å². The van der Waals surface area contributed by atoms with Gasteiger partial charge in [-0.3, -0.25) is 4.79 Å². The zero-order valence-corrected chi connectivity index (χ0v) is 14.9. The molecular formula is C20H23F2NO4. The SMILES string of the molecule is O=C(c1cccc(OC(F)F)c1)N1CCCCC[C@@H]1C[C@@H](O)c1ccco1. The van der Waals surface area contributed by atoms with Gasteiger partial charge >= 0.3 is 6.61 Å². The second kappa shape index (κ2) is 8.99. The number of furan rings is 1. The number of carbonyl (C=O) groups is 1. The predicted molar refractivity (Wildman–Crippen MR) is 94.7 cm³/mol. The molecule has 7 heteroatoms. The van der Waals surface area contributed by atoms with Gasteiger partial charge in [-0.05, 0) is 43.2 Å². The number of carbonyl (C=O) groups excluding carboxylic acids is 1. The Bertz CT molecular complexity index is 735. The number of rotatable bonds is 6. The van der Waals surface area contributed by atoms with Crippen molar-refractivity contribution >= 4 is 5.91 Å². The highest BCUT2D eigenvalue weighted by atomic mass is 19.3. The fourth-order valence-corrected chi connectivity index (χ4v) is 3.52. The van der Waals surface area contributed by atoms with Crippen LogP contribution in [0.1, 0.15) is 54.3 Å². The number of benzene rings is 1.